The molecule has 0 nitrogen and oxygen atoms in total. The lowest BCUT2D eigenvalue weighted by Gasteiger charge is -2.39. The summed E-state index contributed by atoms with van der Waals surface area (Å²) >= 11 is 2.52. The average molecular weight is 524 g/mol. The van der Waals surface area contributed by atoms with Gasteiger partial charge in [-0.1, -0.05) is 119 Å². The molecule has 3 heteroatoms. The van der Waals surface area contributed by atoms with E-state index in [0.717, 1.165) is 12.0 Å². The molecule has 0 aliphatic rings. The number of halogens is 1. The minimum Gasteiger partial charge on any atom is -0.159 e. The topological polar surface area (TPSA) is 0 Å². The van der Waals surface area contributed by atoms with Crippen molar-refractivity contribution in [2.24, 2.45) is 5.41 Å². The molecule has 0 fully saturated rings. The van der Waals surface area contributed by atoms with Crippen LogP contribution in [-0.2, 0) is 5.41 Å². The van der Waals surface area contributed by atoms with Gasteiger partial charge in [0.05, 0.1) is 0 Å². The molecule has 0 amide bonds. The molecular weight excluding hydrogens is 493 g/mol. The molecule has 2 unspecified atom stereocenters. The Labute approximate surface area is 198 Å². The van der Waals surface area contributed by atoms with Crippen molar-refractivity contribution in [2.45, 2.75) is 38.9 Å². The lowest BCUT2D eigenvalue weighted by Crippen LogP contribution is -2.32. The van der Waals surface area contributed by atoms with Crippen LogP contribution >= 0.6 is 31.5 Å². The highest BCUT2D eigenvalue weighted by atomic mass is 127. The number of benzene rings is 3. The molecule has 0 spiro atoms. The number of hydrogen-bond donors (Lipinski definition) is 0. The Hall–Kier alpha value is -1.38. The van der Waals surface area contributed by atoms with E-state index in [1.807, 2.05) is 6.07 Å². The predicted octanol–water partition coefficient (Wildman–Crippen LogP) is 8.27. The molecule has 0 radical (unpaired) electrons. The zero-order valence-electron chi connectivity index (χ0n) is 18.2. The maximum Gasteiger partial charge on any atom is 0.240 e. The van der Waals surface area contributed by atoms with E-state index in [1.54, 1.807) is 0 Å². The fourth-order valence-corrected chi connectivity index (χ4v) is 6.41. The molecule has 0 heterocycles. The van der Waals surface area contributed by atoms with Crippen LogP contribution in [0.15, 0.2) is 91.5 Å². The monoisotopic (exact) mass is 524 g/mol. The second-order valence-electron chi connectivity index (χ2n) is 9.18. The molecule has 0 aromatic heterocycles. The van der Waals surface area contributed by atoms with Gasteiger partial charge in [0.25, 0.3) is 0 Å². The largest absolute Gasteiger partial charge is 0.240 e. The van der Waals surface area contributed by atoms with E-state index < -0.39 is 0 Å². The Morgan fingerprint density at radius 2 is 1.27 bits per heavy atom. The highest BCUT2D eigenvalue weighted by Crippen LogP contribution is 2.45. The summed E-state index contributed by atoms with van der Waals surface area (Å²) in [5.74, 6) is 0. The number of rotatable bonds is 8. The van der Waals surface area contributed by atoms with Crippen LogP contribution in [0.4, 0.5) is 0 Å². The summed E-state index contributed by atoms with van der Waals surface area (Å²) in [6.07, 6.45) is 2.26. The summed E-state index contributed by atoms with van der Waals surface area (Å²) in [7, 11) is 2.95. The van der Waals surface area contributed by atoms with Crippen LogP contribution in [0.1, 0.15) is 49.4 Å². The van der Waals surface area contributed by atoms with Crippen molar-refractivity contribution in [1.29, 1.82) is 0 Å². The summed E-state index contributed by atoms with van der Waals surface area (Å²) in [5.41, 5.74) is 6.34. The van der Waals surface area contributed by atoms with Gasteiger partial charge < -0.3 is 0 Å². The van der Waals surface area contributed by atoms with Gasteiger partial charge in [0.1, 0.15) is 0 Å². The Kier molecular flexibility index (Phi) is 7.63. The van der Waals surface area contributed by atoms with Crippen LogP contribution in [0.25, 0.3) is 5.57 Å². The molecule has 154 valence electrons. The normalized spacial score (nSPS) is 13.5. The summed E-state index contributed by atoms with van der Waals surface area (Å²) in [5, 5.41) is 0. The molecule has 2 atom stereocenters. The summed E-state index contributed by atoms with van der Waals surface area (Å²) in [6, 6.07) is 30.4. The van der Waals surface area contributed by atoms with Crippen molar-refractivity contribution in [3.05, 3.63) is 114 Å². The Morgan fingerprint density at radius 1 is 0.800 bits per heavy atom. The molecular formula is C27H31BIP. The first-order valence-electron chi connectivity index (χ1n) is 10.5. The second-order valence-corrected chi connectivity index (χ2v) is 12.9. The standard InChI is InChI=1S/C27H31BIP/c1-21(22-11-7-5-8-12-22)23-15-17-25(18-16-23)27(4,24-13-9-6-10-14-24)19-26(2,3)20-28(29)30/h5-18H,1,19-20,30H2,2-4H3. The third kappa shape index (κ3) is 5.65. The van der Waals surface area contributed by atoms with Crippen molar-refractivity contribution < 1.29 is 0 Å². The van der Waals surface area contributed by atoms with Gasteiger partial charge in [0.15, 0.2) is 0 Å². The molecule has 3 aromatic rings. The van der Waals surface area contributed by atoms with Crippen molar-refractivity contribution >= 4 is 41.4 Å². The maximum atomic E-state index is 4.33. The highest BCUT2D eigenvalue weighted by molar-refractivity contribution is 14.1. The van der Waals surface area contributed by atoms with Crippen LogP contribution in [0, 0.1) is 5.41 Å². The summed E-state index contributed by atoms with van der Waals surface area (Å²) < 4.78 is 0.578. The van der Waals surface area contributed by atoms with E-state index >= 15 is 0 Å². The van der Waals surface area contributed by atoms with E-state index in [0.29, 0.717) is 4.29 Å². The van der Waals surface area contributed by atoms with Gasteiger partial charge in [0, 0.05) is 5.41 Å². The van der Waals surface area contributed by atoms with Gasteiger partial charge >= 0.3 is 0 Å². The van der Waals surface area contributed by atoms with E-state index in [4.69, 9.17) is 0 Å². The Morgan fingerprint density at radius 3 is 1.80 bits per heavy atom. The molecule has 0 bridgehead atoms. The van der Waals surface area contributed by atoms with E-state index in [1.165, 1.54) is 28.6 Å². The third-order valence-corrected chi connectivity index (χ3v) is 6.66. The Bertz CT molecular complexity index is 965. The first kappa shape index (κ1) is 23.3. The Balaban J connectivity index is 1.97. The van der Waals surface area contributed by atoms with Gasteiger partial charge in [-0.25, -0.2) is 0 Å². The van der Waals surface area contributed by atoms with Crippen LogP contribution < -0.4 is 0 Å². The maximum absolute atomic E-state index is 4.33. The minimum atomic E-state index is -0.0480. The summed E-state index contributed by atoms with van der Waals surface area (Å²) in [6.45, 7) is 11.5. The van der Waals surface area contributed by atoms with Crippen molar-refractivity contribution in [3.63, 3.8) is 0 Å². The fraction of sp³-hybridized carbons (Fsp3) is 0.259. The fourth-order valence-electron chi connectivity index (χ4n) is 4.58. The first-order valence-corrected chi connectivity index (χ1v) is 12.4. The molecule has 0 aliphatic carbocycles. The molecule has 0 saturated carbocycles. The van der Waals surface area contributed by atoms with Crippen LogP contribution in [-0.4, -0.2) is 4.29 Å². The van der Waals surface area contributed by atoms with Crippen molar-refractivity contribution in [2.75, 3.05) is 0 Å². The zero-order chi connectivity index (χ0) is 21.8. The number of hydrogen-bond acceptors (Lipinski definition) is 0. The van der Waals surface area contributed by atoms with Gasteiger partial charge in [-0.05, 0) is 39.7 Å². The van der Waals surface area contributed by atoms with E-state index in [-0.39, 0.29) is 10.8 Å². The molecule has 3 aromatic carbocycles. The SMILES string of the molecule is C=C(c1ccccc1)c1ccc(C(C)(CC(C)(C)CB(P)I)c2ccccc2)cc1. The van der Waals surface area contributed by atoms with Crippen molar-refractivity contribution in [3.8, 4) is 0 Å². The quantitative estimate of drug-likeness (QED) is 0.158. The highest BCUT2D eigenvalue weighted by Gasteiger charge is 2.36. The van der Waals surface area contributed by atoms with Crippen LogP contribution in [0.3, 0.4) is 0 Å². The minimum absolute atomic E-state index is 0.0480. The van der Waals surface area contributed by atoms with E-state index in [9.17, 15) is 0 Å². The van der Waals surface area contributed by atoms with Gasteiger partial charge in [-0.2, -0.15) is 9.12 Å². The third-order valence-electron chi connectivity index (χ3n) is 5.98. The molecule has 3 rings (SSSR count). The van der Waals surface area contributed by atoms with E-state index in [2.05, 4.69) is 138 Å². The molecule has 0 saturated heterocycles. The van der Waals surface area contributed by atoms with Gasteiger partial charge in [-0.15, -0.1) is 22.4 Å². The van der Waals surface area contributed by atoms with Crippen LogP contribution in [0.2, 0.25) is 6.32 Å². The van der Waals surface area contributed by atoms with Gasteiger partial charge in [0.2, 0.25) is 4.29 Å². The average Bonchev–Trinajstić information content (AvgIpc) is 2.73. The molecule has 30 heavy (non-hydrogen) atoms. The second kappa shape index (κ2) is 9.83. The first-order chi connectivity index (χ1) is 14.2. The molecule has 0 N–H and O–H groups in total. The molecule has 0 aliphatic heterocycles. The lowest BCUT2D eigenvalue weighted by molar-refractivity contribution is 0.299. The summed E-state index contributed by atoms with van der Waals surface area (Å²) in [4.78, 5) is 0. The smallest absolute Gasteiger partial charge is 0.159 e. The zero-order valence-corrected chi connectivity index (χ0v) is 21.5. The predicted molar refractivity (Wildman–Crippen MR) is 147 cm³/mol. The lowest BCUT2D eigenvalue weighted by atomic mass is 9.63. The van der Waals surface area contributed by atoms with Gasteiger partial charge in [-0.3, -0.25) is 0 Å². The van der Waals surface area contributed by atoms with Crippen molar-refractivity contribution in [1.82, 2.24) is 0 Å². The van der Waals surface area contributed by atoms with Crippen LogP contribution in [0.5, 0.6) is 0 Å².